The normalized spacial score (nSPS) is 27.0. The first kappa shape index (κ1) is 22.4. The maximum atomic E-state index is 9.93. The third-order valence-electron chi connectivity index (χ3n) is 4.84. The van der Waals surface area contributed by atoms with Crippen molar-refractivity contribution < 1.29 is 24.8 Å². The summed E-state index contributed by atoms with van der Waals surface area (Å²) in [6.07, 6.45) is 14.3. The Morgan fingerprint density at radius 1 is 0.920 bits per heavy atom. The lowest BCUT2D eigenvalue weighted by molar-refractivity contribution is -0.196. The number of allylic oxidation sites excluding steroid dienone is 1. The lowest BCUT2D eigenvalue weighted by Gasteiger charge is -2.36. The highest BCUT2D eigenvalue weighted by Gasteiger charge is 2.38. The topological polar surface area (TPSA) is 79.2 Å². The van der Waals surface area contributed by atoms with E-state index in [9.17, 15) is 10.2 Å². The molecule has 5 heteroatoms. The van der Waals surface area contributed by atoms with Crippen LogP contribution >= 0.6 is 0 Å². The number of hydrogen-bond donors (Lipinski definition) is 3. The zero-order valence-corrected chi connectivity index (χ0v) is 15.8. The summed E-state index contributed by atoms with van der Waals surface area (Å²) in [5.74, 6) is 0. The van der Waals surface area contributed by atoms with Gasteiger partial charge in [-0.15, -0.1) is 0 Å². The van der Waals surface area contributed by atoms with Crippen molar-refractivity contribution in [2.45, 2.75) is 102 Å². The Kier molecular flexibility index (Phi) is 13.0. The molecule has 1 aliphatic rings. The Morgan fingerprint density at radius 3 is 2.12 bits per heavy atom. The van der Waals surface area contributed by atoms with Gasteiger partial charge in [-0.3, -0.25) is 0 Å². The van der Waals surface area contributed by atoms with Crippen LogP contribution in [0.15, 0.2) is 12.3 Å². The van der Waals surface area contributed by atoms with Crippen LogP contribution in [0.2, 0.25) is 0 Å². The van der Waals surface area contributed by atoms with Crippen LogP contribution in [0.3, 0.4) is 0 Å². The standard InChI is InChI=1S/C20H38O5/c1-2-3-4-5-6-7-8-9-10-11-12-13-14-24-18-16-25-17(15-21)19(22)20(18)23/h13-14,17-23H,2-12,15-16H2,1H3/b14-13+/t17-,18+,19-,20-/m0/s1. The van der Waals surface area contributed by atoms with E-state index < -0.39 is 24.4 Å². The first-order valence-electron chi connectivity index (χ1n) is 10.1. The molecule has 148 valence electrons. The minimum Gasteiger partial charge on any atom is -0.493 e. The number of aliphatic hydroxyl groups is 3. The molecule has 1 rings (SSSR count). The van der Waals surface area contributed by atoms with Crippen LogP contribution in [0.25, 0.3) is 0 Å². The fourth-order valence-electron chi connectivity index (χ4n) is 3.11. The van der Waals surface area contributed by atoms with Crippen LogP contribution in [0.4, 0.5) is 0 Å². The molecular weight excluding hydrogens is 320 g/mol. The molecule has 0 radical (unpaired) electrons. The van der Waals surface area contributed by atoms with Gasteiger partial charge in [-0.2, -0.15) is 0 Å². The zero-order chi connectivity index (χ0) is 18.3. The van der Waals surface area contributed by atoms with E-state index in [2.05, 4.69) is 6.92 Å². The molecule has 25 heavy (non-hydrogen) atoms. The highest BCUT2D eigenvalue weighted by atomic mass is 16.6. The first-order valence-corrected chi connectivity index (χ1v) is 10.1. The van der Waals surface area contributed by atoms with Crippen LogP contribution in [-0.2, 0) is 9.47 Å². The van der Waals surface area contributed by atoms with E-state index in [1.54, 1.807) is 6.26 Å². The third-order valence-corrected chi connectivity index (χ3v) is 4.84. The lowest BCUT2D eigenvalue weighted by atomic mass is 10.0. The number of rotatable bonds is 14. The van der Waals surface area contributed by atoms with Crippen molar-refractivity contribution in [1.29, 1.82) is 0 Å². The van der Waals surface area contributed by atoms with Crippen molar-refractivity contribution in [2.75, 3.05) is 13.2 Å². The van der Waals surface area contributed by atoms with Crippen LogP contribution in [0.5, 0.6) is 0 Å². The molecular formula is C20H38O5. The van der Waals surface area contributed by atoms with E-state index in [4.69, 9.17) is 14.6 Å². The first-order chi connectivity index (χ1) is 12.2. The van der Waals surface area contributed by atoms with Gasteiger partial charge in [0.05, 0.1) is 19.5 Å². The molecule has 0 aromatic carbocycles. The maximum absolute atomic E-state index is 9.93. The van der Waals surface area contributed by atoms with Gasteiger partial charge in [0.2, 0.25) is 0 Å². The molecule has 0 saturated carbocycles. The molecule has 0 aliphatic carbocycles. The molecule has 1 fully saturated rings. The summed E-state index contributed by atoms with van der Waals surface area (Å²) in [5, 5.41) is 28.7. The number of unbranched alkanes of at least 4 members (excludes halogenated alkanes) is 10. The summed E-state index contributed by atoms with van der Waals surface area (Å²) in [7, 11) is 0. The predicted molar refractivity (Wildman–Crippen MR) is 99.3 cm³/mol. The summed E-state index contributed by atoms with van der Waals surface area (Å²) in [5.41, 5.74) is 0. The van der Waals surface area contributed by atoms with Gasteiger partial charge in [0, 0.05) is 0 Å². The smallest absolute Gasteiger partial charge is 0.149 e. The van der Waals surface area contributed by atoms with Gasteiger partial charge in [-0.05, 0) is 18.9 Å². The van der Waals surface area contributed by atoms with Crippen molar-refractivity contribution in [2.24, 2.45) is 0 Å². The average Bonchev–Trinajstić information content (AvgIpc) is 2.62. The fourth-order valence-corrected chi connectivity index (χ4v) is 3.11. The molecule has 0 aromatic rings. The van der Waals surface area contributed by atoms with Gasteiger partial charge < -0.3 is 24.8 Å². The molecule has 0 spiro atoms. The van der Waals surface area contributed by atoms with Crippen LogP contribution < -0.4 is 0 Å². The van der Waals surface area contributed by atoms with Gasteiger partial charge in [0.1, 0.15) is 24.4 Å². The second kappa shape index (κ2) is 14.5. The highest BCUT2D eigenvalue weighted by molar-refractivity contribution is 4.89. The van der Waals surface area contributed by atoms with Crippen molar-refractivity contribution in [1.82, 2.24) is 0 Å². The number of ether oxygens (including phenoxy) is 2. The molecule has 0 amide bonds. The third kappa shape index (κ3) is 9.59. The molecule has 0 bridgehead atoms. The van der Waals surface area contributed by atoms with Crippen molar-refractivity contribution in [3.8, 4) is 0 Å². The van der Waals surface area contributed by atoms with Crippen LogP contribution in [0.1, 0.15) is 77.6 Å². The lowest BCUT2D eigenvalue weighted by Crippen LogP contribution is -2.54. The Labute approximate surface area is 153 Å². The van der Waals surface area contributed by atoms with Crippen molar-refractivity contribution >= 4 is 0 Å². The van der Waals surface area contributed by atoms with Gasteiger partial charge in [-0.25, -0.2) is 0 Å². The summed E-state index contributed by atoms with van der Waals surface area (Å²) in [6.45, 7) is 2.12. The minimum absolute atomic E-state index is 0.173. The number of aliphatic hydroxyl groups excluding tert-OH is 3. The second-order valence-electron chi connectivity index (χ2n) is 7.05. The van der Waals surface area contributed by atoms with E-state index in [1.807, 2.05) is 6.08 Å². The second-order valence-corrected chi connectivity index (χ2v) is 7.05. The van der Waals surface area contributed by atoms with Gasteiger partial charge >= 0.3 is 0 Å². The van der Waals surface area contributed by atoms with Crippen molar-refractivity contribution in [3.63, 3.8) is 0 Å². The molecule has 1 saturated heterocycles. The van der Waals surface area contributed by atoms with Crippen LogP contribution in [-0.4, -0.2) is 52.9 Å². The van der Waals surface area contributed by atoms with Gasteiger partial charge in [0.15, 0.2) is 0 Å². The minimum atomic E-state index is -1.11. The molecule has 3 N–H and O–H groups in total. The molecule has 5 nitrogen and oxygen atoms in total. The highest BCUT2D eigenvalue weighted by Crippen LogP contribution is 2.18. The molecule has 0 aromatic heterocycles. The van der Waals surface area contributed by atoms with E-state index >= 15 is 0 Å². The van der Waals surface area contributed by atoms with Crippen LogP contribution in [0, 0.1) is 0 Å². The van der Waals surface area contributed by atoms with Gasteiger partial charge in [0.25, 0.3) is 0 Å². The Morgan fingerprint density at radius 2 is 1.52 bits per heavy atom. The van der Waals surface area contributed by atoms with E-state index in [0.29, 0.717) is 0 Å². The quantitative estimate of drug-likeness (QED) is 0.328. The molecule has 4 atom stereocenters. The molecule has 1 heterocycles. The van der Waals surface area contributed by atoms with E-state index in [0.717, 1.165) is 12.8 Å². The Hall–Kier alpha value is -0.620. The fraction of sp³-hybridized carbons (Fsp3) is 0.900. The maximum Gasteiger partial charge on any atom is 0.149 e. The van der Waals surface area contributed by atoms with E-state index in [-0.39, 0.29) is 13.2 Å². The summed E-state index contributed by atoms with van der Waals surface area (Å²) in [6, 6.07) is 0. The summed E-state index contributed by atoms with van der Waals surface area (Å²) >= 11 is 0. The molecule has 1 aliphatic heterocycles. The Bertz CT molecular complexity index is 334. The SMILES string of the molecule is CCCCCCCCCCCC/C=C/O[C@@H]1CO[C@@H](CO)[C@H](O)[C@H]1O. The van der Waals surface area contributed by atoms with Gasteiger partial charge in [-0.1, -0.05) is 64.7 Å². The Balaban J connectivity index is 1.95. The van der Waals surface area contributed by atoms with Crippen molar-refractivity contribution in [3.05, 3.63) is 12.3 Å². The summed E-state index contributed by atoms with van der Waals surface area (Å²) in [4.78, 5) is 0. The largest absolute Gasteiger partial charge is 0.493 e. The molecule has 0 unspecified atom stereocenters. The predicted octanol–water partition coefficient (Wildman–Crippen LogP) is 3.31. The zero-order valence-electron chi connectivity index (χ0n) is 15.8. The summed E-state index contributed by atoms with van der Waals surface area (Å²) < 4.78 is 10.7. The monoisotopic (exact) mass is 358 g/mol. The number of hydrogen-bond acceptors (Lipinski definition) is 5. The average molecular weight is 359 g/mol. The van der Waals surface area contributed by atoms with E-state index in [1.165, 1.54) is 57.8 Å².